The minimum Gasteiger partial charge on any atom is -0.318 e. The summed E-state index contributed by atoms with van der Waals surface area (Å²) in [6.45, 7) is 10.2. The summed E-state index contributed by atoms with van der Waals surface area (Å²) in [6, 6.07) is 16.6. The number of amides is 4. The number of nitrogens with zero attached hydrogens (tertiary/aromatic N) is 2. The van der Waals surface area contributed by atoms with Crippen molar-refractivity contribution < 1.29 is 14.4 Å². The Morgan fingerprint density at radius 1 is 0.971 bits per heavy atom. The van der Waals surface area contributed by atoms with E-state index in [9.17, 15) is 14.4 Å². The Hall–Kier alpha value is -3.93. The first kappa shape index (κ1) is 23.2. The van der Waals surface area contributed by atoms with Crippen molar-refractivity contribution >= 4 is 29.6 Å². The van der Waals surface area contributed by atoms with Crippen molar-refractivity contribution in [2.75, 3.05) is 4.90 Å². The average Bonchev–Trinajstić information content (AvgIpc) is 3.09. The van der Waals surface area contributed by atoms with E-state index in [1.165, 1.54) is 0 Å². The summed E-state index contributed by atoms with van der Waals surface area (Å²) >= 11 is 0. The summed E-state index contributed by atoms with van der Waals surface area (Å²) in [5.41, 5.74) is 6.28. The number of hydrogen-bond donors (Lipinski definition) is 1. The lowest BCUT2D eigenvalue weighted by Crippen LogP contribution is -2.54. The van der Waals surface area contributed by atoms with Gasteiger partial charge in [-0.05, 0) is 80.1 Å². The van der Waals surface area contributed by atoms with E-state index in [1.807, 2.05) is 63.2 Å². The molecule has 1 fully saturated rings. The first-order valence-corrected chi connectivity index (χ1v) is 11.5. The van der Waals surface area contributed by atoms with Crippen LogP contribution in [0, 0.1) is 20.8 Å². The lowest BCUT2D eigenvalue weighted by atomic mass is 9.98. The number of aromatic nitrogens is 1. The maximum Gasteiger partial charge on any atom is 0.335 e. The number of benzene rings is 2. The highest BCUT2D eigenvalue weighted by Crippen LogP contribution is 2.28. The highest BCUT2D eigenvalue weighted by molar-refractivity contribution is 6.39. The van der Waals surface area contributed by atoms with Crippen LogP contribution < -0.4 is 10.2 Å². The largest absolute Gasteiger partial charge is 0.335 e. The number of barbiturate groups is 1. The molecule has 1 aromatic heterocycles. The third-order valence-corrected chi connectivity index (χ3v) is 6.56. The van der Waals surface area contributed by atoms with Gasteiger partial charge in [0.1, 0.15) is 5.57 Å². The van der Waals surface area contributed by atoms with E-state index < -0.39 is 17.8 Å². The third kappa shape index (κ3) is 4.07. The van der Waals surface area contributed by atoms with Crippen LogP contribution in [0.2, 0.25) is 0 Å². The summed E-state index contributed by atoms with van der Waals surface area (Å²) in [6.07, 6.45) is 2.56. The number of urea groups is 1. The van der Waals surface area contributed by atoms with Gasteiger partial charge in [0.15, 0.2) is 0 Å². The molecule has 6 heteroatoms. The fourth-order valence-electron chi connectivity index (χ4n) is 4.35. The molecule has 1 saturated heterocycles. The molecule has 3 aromatic rings. The van der Waals surface area contributed by atoms with Gasteiger partial charge in [0.05, 0.1) is 5.69 Å². The minimum absolute atomic E-state index is 0.0735. The van der Waals surface area contributed by atoms with Gasteiger partial charge < -0.3 is 4.57 Å². The standard InChI is InChI=1S/C28H29N3O3/c1-6-17(2)21-11-13-23(14-12-21)31-27(33)24(26(32)29-28(31)34)16-22-15-19(4)30(20(22)5)25-10-8-7-9-18(25)3/h7-17H,6H2,1-5H3,(H,29,32,34)/b24-16-. The van der Waals surface area contributed by atoms with Crippen LogP contribution in [0.25, 0.3) is 11.8 Å². The SMILES string of the molecule is CCC(C)c1ccc(N2C(=O)NC(=O)/C(=C/c3cc(C)n(-c4ccccc4C)c3C)C2=O)cc1. The summed E-state index contributed by atoms with van der Waals surface area (Å²) in [5, 5.41) is 2.31. The van der Waals surface area contributed by atoms with Crippen molar-refractivity contribution in [3.05, 3.63) is 88.2 Å². The quantitative estimate of drug-likeness (QED) is 0.403. The Morgan fingerprint density at radius 2 is 1.65 bits per heavy atom. The van der Waals surface area contributed by atoms with Gasteiger partial charge in [0.25, 0.3) is 11.8 Å². The molecule has 174 valence electrons. The molecule has 1 unspecified atom stereocenters. The molecule has 0 bridgehead atoms. The van der Waals surface area contributed by atoms with Gasteiger partial charge in [-0.1, -0.05) is 44.2 Å². The van der Waals surface area contributed by atoms with Gasteiger partial charge in [0.2, 0.25) is 0 Å². The van der Waals surface area contributed by atoms with Gasteiger partial charge >= 0.3 is 6.03 Å². The Morgan fingerprint density at radius 3 is 2.29 bits per heavy atom. The van der Waals surface area contributed by atoms with Crippen LogP contribution in [0.5, 0.6) is 0 Å². The third-order valence-electron chi connectivity index (χ3n) is 6.56. The second kappa shape index (κ2) is 9.14. The number of imide groups is 2. The molecule has 2 aromatic carbocycles. The van der Waals surface area contributed by atoms with Crippen LogP contribution in [-0.2, 0) is 9.59 Å². The molecule has 1 N–H and O–H groups in total. The maximum absolute atomic E-state index is 13.3. The summed E-state index contributed by atoms with van der Waals surface area (Å²) in [7, 11) is 0. The van der Waals surface area contributed by atoms with Gasteiger partial charge in [-0.25, -0.2) is 9.69 Å². The molecule has 0 aliphatic carbocycles. The van der Waals surface area contributed by atoms with Crippen LogP contribution in [-0.4, -0.2) is 22.4 Å². The number of carbonyl (C=O) groups excluding carboxylic acids is 3. The maximum atomic E-state index is 13.3. The average molecular weight is 456 g/mol. The van der Waals surface area contributed by atoms with E-state index in [1.54, 1.807) is 18.2 Å². The molecule has 2 heterocycles. The Balaban J connectivity index is 1.72. The monoisotopic (exact) mass is 455 g/mol. The zero-order valence-corrected chi connectivity index (χ0v) is 20.2. The van der Waals surface area contributed by atoms with Gasteiger partial charge in [-0.15, -0.1) is 0 Å². The molecule has 0 saturated carbocycles. The van der Waals surface area contributed by atoms with Crippen molar-refractivity contribution in [3.8, 4) is 5.69 Å². The molecule has 0 radical (unpaired) electrons. The predicted octanol–water partition coefficient (Wildman–Crippen LogP) is 5.58. The predicted molar refractivity (Wildman–Crippen MR) is 134 cm³/mol. The van der Waals surface area contributed by atoms with E-state index in [-0.39, 0.29) is 5.57 Å². The van der Waals surface area contributed by atoms with Crippen LogP contribution in [0.3, 0.4) is 0 Å². The molecule has 4 rings (SSSR count). The lowest BCUT2D eigenvalue weighted by molar-refractivity contribution is -0.122. The number of anilines is 1. The highest BCUT2D eigenvalue weighted by Gasteiger charge is 2.37. The number of nitrogens with one attached hydrogen (secondary N) is 1. The molecular formula is C28H29N3O3. The lowest BCUT2D eigenvalue weighted by Gasteiger charge is -2.26. The number of rotatable bonds is 5. The minimum atomic E-state index is -0.742. The fraction of sp³-hybridized carbons (Fsp3) is 0.250. The van der Waals surface area contributed by atoms with Crippen molar-refractivity contribution in [1.82, 2.24) is 9.88 Å². The van der Waals surface area contributed by atoms with Gasteiger partial charge in [-0.3, -0.25) is 14.9 Å². The molecule has 1 aliphatic rings. The van der Waals surface area contributed by atoms with Crippen LogP contribution >= 0.6 is 0 Å². The Bertz CT molecular complexity index is 1320. The second-order valence-corrected chi connectivity index (χ2v) is 8.81. The van der Waals surface area contributed by atoms with Crippen LogP contribution in [0.1, 0.15) is 54.3 Å². The van der Waals surface area contributed by atoms with Gasteiger partial charge in [-0.2, -0.15) is 0 Å². The molecule has 1 atom stereocenters. The van der Waals surface area contributed by atoms with Crippen LogP contribution in [0.15, 0.2) is 60.2 Å². The first-order chi connectivity index (χ1) is 16.2. The highest BCUT2D eigenvalue weighted by atomic mass is 16.2. The van der Waals surface area contributed by atoms with Crippen molar-refractivity contribution in [1.29, 1.82) is 0 Å². The zero-order chi connectivity index (χ0) is 24.6. The van der Waals surface area contributed by atoms with Crippen LogP contribution in [0.4, 0.5) is 10.5 Å². The number of carbonyl (C=O) groups is 3. The fourth-order valence-corrected chi connectivity index (χ4v) is 4.35. The van der Waals surface area contributed by atoms with Crippen molar-refractivity contribution in [2.24, 2.45) is 0 Å². The Labute approximate surface area is 199 Å². The molecule has 4 amide bonds. The first-order valence-electron chi connectivity index (χ1n) is 11.5. The second-order valence-electron chi connectivity index (χ2n) is 8.81. The molecule has 6 nitrogen and oxygen atoms in total. The van der Waals surface area contributed by atoms with Crippen molar-refractivity contribution in [3.63, 3.8) is 0 Å². The van der Waals surface area contributed by atoms with E-state index in [0.29, 0.717) is 11.6 Å². The smallest absolute Gasteiger partial charge is 0.318 e. The van der Waals surface area contributed by atoms with E-state index in [0.717, 1.165) is 45.1 Å². The number of aryl methyl sites for hydroxylation is 2. The molecule has 1 aliphatic heterocycles. The van der Waals surface area contributed by atoms with Gasteiger partial charge in [0, 0.05) is 17.1 Å². The number of hydrogen-bond acceptors (Lipinski definition) is 3. The summed E-state index contributed by atoms with van der Waals surface area (Å²) in [4.78, 5) is 39.6. The molecule has 0 spiro atoms. The van der Waals surface area contributed by atoms with E-state index in [2.05, 4.69) is 23.7 Å². The summed E-state index contributed by atoms with van der Waals surface area (Å²) < 4.78 is 2.10. The molecular weight excluding hydrogens is 426 g/mol. The molecule has 34 heavy (non-hydrogen) atoms. The van der Waals surface area contributed by atoms with E-state index in [4.69, 9.17) is 0 Å². The zero-order valence-electron chi connectivity index (χ0n) is 20.2. The Kier molecular flexibility index (Phi) is 6.24. The summed E-state index contributed by atoms with van der Waals surface area (Å²) in [5.74, 6) is -0.950. The van der Waals surface area contributed by atoms with E-state index >= 15 is 0 Å². The van der Waals surface area contributed by atoms with Crippen molar-refractivity contribution in [2.45, 2.75) is 47.0 Å². The normalized spacial score (nSPS) is 16.2. The number of para-hydroxylation sites is 1. The topological polar surface area (TPSA) is 71.4 Å².